The number of hydrogen-bond acceptors (Lipinski definition) is 4. The second kappa shape index (κ2) is 5.72. The van der Waals surface area contributed by atoms with Crippen LogP contribution in [-0.2, 0) is 0 Å². The van der Waals surface area contributed by atoms with Crippen LogP contribution >= 0.6 is 0 Å². The minimum Gasteiger partial charge on any atom is -0.497 e. The largest absolute Gasteiger partial charge is 0.497 e. The van der Waals surface area contributed by atoms with E-state index in [0.29, 0.717) is 35.8 Å². The minimum absolute atomic E-state index is 0.459. The molecule has 1 saturated carbocycles. The number of aliphatic hydroxyl groups excluding tert-OH is 1. The molecule has 0 bridgehead atoms. The Bertz CT molecular complexity index is 523. The number of ether oxygens (including phenoxy) is 2. The van der Waals surface area contributed by atoms with E-state index >= 15 is 0 Å². The lowest BCUT2D eigenvalue weighted by atomic mass is 9.78. The van der Waals surface area contributed by atoms with Gasteiger partial charge in [-0.15, -0.1) is 0 Å². The van der Waals surface area contributed by atoms with Gasteiger partial charge < -0.3 is 14.6 Å². The zero-order valence-electron chi connectivity index (χ0n) is 12.2. The molecule has 2 rings (SSSR count). The lowest BCUT2D eigenvalue weighted by Crippen LogP contribution is -2.25. The number of nitrogens with zero attached hydrogens (tertiary/aromatic N) is 1. The van der Waals surface area contributed by atoms with Crippen molar-refractivity contribution in [3.8, 4) is 17.6 Å². The summed E-state index contributed by atoms with van der Waals surface area (Å²) in [7, 11) is 3.14. The van der Waals surface area contributed by atoms with Gasteiger partial charge in [-0.1, -0.05) is 6.92 Å². The smallest absolute Gasteiger partial charge is 0.124 e. The summed E-state index contributed by atoms with van der Waals surface area (Å²) in [6.45, 7) is 2.12. The molecule has 0 saturated heterocycles. The molecule has 1 aliphatic rings. The van der Waals surface area contributed by atoms with Gasteiger partial charge in [0, 0.05) is 5.56 Å². The molecule has 0 aromatic heterocycles. The maximum Gasteiger partial charge on any atom is 0.124 e. The highest BCUT2D eigenvalue weighted by molar-refractivity contribution is 5.43. The molecule has 1 aromatic carbocycles. The van der Waals surface area contributed by atoms with E-state index in [1.54, 1.807) is 32.4 Å². The molecule has 0 spiro atoms. The Morgan fingerprint density at radius 3 is 2.65 bits per heavy atom. The topological polar surface area (TPSA) is 62.5 Å². The zero-order chi connectivity index (χ0) is 14.8. The van der Waals surface area contributed by atoms with Gasteiger partial charge in [-0.05, 0) is 43.4 Å². The summed E-state index contributed by atoms with van der Waals surface area (Å²) in [5.74, 6) is 1.70. The molecule has 4 nitrogen and oxygen atoms in total. The van der Waals surface area contributed by atoms with Gasteiger partial charge in [-0.2, -0.15) is 5.26 Å². The first-order valence-electron chi connectivity index (χ1n) is 6.87. The SMILES string of the molecule is COc1ccc(OC)c(C(O)C2(C#N)CCC(C)C2)c1. The lowest BCUT2D eigenvalue weighted by molar-refractivity contribution is 0.0623. The summed E-state index contributed by atoms with van der Waals surface area (Å²) < 4.78 is 10.5. The van der Waals surface area contributed by atoms with Crippen LogP contribution in [0.3, 0.4) is 0 Å². The van der Waals surface area contributed by atoms with Crippen molar-refractivity contribution in [3.63, 3.8) is 0 Å². The molecule has 20 heavy (non-hydrogen) atoms. The van der Waals surface area contributed by atoms with Crippen molar-refractivity contribution >= 4 is 0 Å². The standard InChI is InChI=1S/C16H21NO3/c1-11-6-7-16(9-11,10-17)15(18)13-8-12(19-2)4-5-14(13)20-3/h4-5,8,11,15,18H,6-7,9H2,1-3H3. The number of rotatable bonds is 4. The average molecular weight is 275 g/mol. The predicted octanol–water partition coefficient (Wildman–Crippen LogP) is 3.07. The second-order valence-electron chi connectivity index (χ2n) is 5.63. The Kier molecular flexibility index (Phi) is 4.20. The average Bonchev–Trinajstić information content (AvgIpc) is 2.88. The third-order valence-corrected chi connectivity index (χ3v) is 4.27. The fourth-order valence-electron chi connectivity index (χ4n) is 3.09. The summed E-state index contributed by atoms with van der Waals surface area (Å²) in [6.07, 6.45) is 1.54. The Balaban J connectivity index is 2.41. The van der Waals surface area contributed by atoms with Gasteiger partial charge in [0.25, 0.3) is 0 Å². The van der Waals surface area contributed by atoms with Crippen LogP contribution < -0.4 is 9.47 Å². The number of nitriles is 1. The Morgan fingerprint density at radius 2 is 2.15 bits per heavy atom. The first kappa shape index (κ1) is 14.7. The van der Waals surface area contributed by atoms with Gasteiger partial charge in [-0.25, -0.2) is 0 Å². The van der Waals surface area contributed by atoms with Gasteiger partial charge >= 0.3 is 0 Å². The molecule has 108 valence electrons. The Hall–Kier alpha value is -1.73. The van der Waals surface area contributed by atoms with E-state index in [1.165, 1.54) is 0 Å². The van der Waals surface area contributed by atoms with Crippen LogP contribution in [0, 0.1) is 22.7 Å². The number of hydrogen-bond donors (Lipinski definition) is 1. The van der Waals surface area contributed by atoms with Crippen molar-refractivity contribution in [1.82, 2.24) is 0 Å². The molecule has 1 N–H and O–H groups in total. The van der Waals surface area contributed by atoms with Crippen LogP contribution in [0.2, 0.25) is 0 Å². The van der Waals surface area contributed by atoms with E-state index in [2.05, 4.69) is 13.0 Å². The van der Waals surface area contributed by atoms with Crippen LogP contribution in [-0.4, -0.2) is 19.3 Å². The first-order valence-corrected chi connectivity index (χ1v) is 6.87. The van der Waals surface area contributed by atoms with Gasteiger partial charge in [0.05, 0.1) is 25.7 Å². The summed E-state index contributed by atoms with van der Waals surface area (Å²) in [5, 5.41) is 20.3. The molecule has 0 amide bonds. The quantitative estimate of drug-likeness (QED) is 0.917. The molecule has 0 heterocycles. The monoisotopic (exact) mass is 275 g/mol. The Labute approximate surface area is 119 Å². The van der Waals surface area contributed by atoms with E-state index in [0.717, 1.165) is 6.42 Å². The third-order valence-electron chi connectivity index (χ3n) is 4.27. The van der Waals surface area contributed by atoms with E-state index in [-0.39, 0.29) is 0 Å². The minimum atomic E-state index is -0.859. The van der Waals surface area contributed by atoms with Crippen molar-refractivity contribution < 1.29 is 14.6 Å². The lowest BCUT2D eigenvalue weighted by Gasteiger charge is -2.28. The normalized spacial score (nSPS) is 26.9. The van der Waals surface area contributed by atoms with Crippen LogP contribution in [0.5, 0.6) is 11.5 Å². The highest BCUT2D eigenvalue weighted by Crippen LogP contribution is 2.51. The van der Waals surface area contributed by atoms with Crippen molar-refractivity contribution in [3.05, 3.63) is 23.8 Å². The van der Waals surface area contributed by atoms with E-state index in [9.17, 15) is 10.4 Å². The summed E-state index contributed by atoms with van der Waals surface area (Å²) >= 11 is 0. The van der Waals surface area contributed by atoms with Crippen molar-refractivity contribution in [2.75, 3.05) is 14.2 Å². The molecule has 0 aliphatic heterocycles. The van der Waals surface area contributed by atoms with Crippen molar-refractivity contribution in [2.45, 2.75) is 32.3 Å². The Morgan fingerprint density at radius 1 is 1.40 bits per heavy atom. The zero-order valence-corrected chi connectivity index (χ0v) is 12.2. The molecule has 1 fully saturated rings. The second-order valence-corrected chi connectivity index (χ2v) is 5.63. The van der Waals surface area contributed by atoms with Crippen molar-refractivity contribution in [2.24, 2.45) is 11.3 Å². The molecule has 1 aliphatic carbocycles. The molecular weight excluding hydrogens is 254 g/mol. The molecule has 1 aromatic rings. The highest BCUT2D eigenvalue weighted by atomic mass is 16.5. The summed E-state index contributed by atoms with van der Waals surface area (Å²) in [5.41, 5.74) is -0.0958. The molecule has 3 unspecified atom stereocenters. The highest BCUT2D eigenvalue weighted by Gasteiger charge is 2.45. The van der Waals surface area contributed by atoms with E-state index < -0.39 is 11.5 Å². The van der Waals surface area contributed by atoms with Gasteiger partial charge in [0.15, 0.2) is 0 Å². The molecule has 0 radical (unpaired) electrons. The van der Waals surface area contributed by atoms with Crippen LogP contribution in [0.4, 0.5) is 0 Å². The fourth-order valence-corrected chi connectivity index (χ4v) is 3.09. The first-order chi connectivity index (χ1) is 9.56. The maximum absolute atomic E-state index is 10.8. The summed E-state index contributed by atoms with van der Waals surface area (Å²) in [6, 6.07) is 7.65. The molecule has 4 heteroatoms. The maximum atomic E-state index is 10.8. The molecule has 3 atom stereocenters. The number of aliphatic hydroxyl groups is 1. The third kappa shape index (κ3) is 2.46. The van der Waals surface area contributed by atoms with Crippen LogP contribution in [0.25, 0.3) is 0 Å². The van der Waals surface area contributed by atoms with Crippen LogP contribution in [0.1, 0.15) is 37.9 Å². The molecular formula is C16H21NO3. The van der Waals surface area contributed by atoms with E-state index in [1.807, 2.05) is 0 Å². The number of benzene rings is 1. The fraction of sp³-hybridized carbons (Fsp3) is 0.562. The van der Waals surface area contributed by atoms with Gasteiger partial charge in [0.1, 0.15) is 17.6 Å². The van der Waals surface area contributed by atoms with Crippen molar-refractivity contribution in [1.29, 1.82) is 5.26 Å². The van der Waals surface area contributed by atoms with Gasteiger partial charge in [0.2, 0.25) is 0 Å². The predicted molar refractivity (Wildman–Crippen MR) is 75.6 cm³/mol. The van der Waals surface area contributed by atoms with Gasteiger partial charge in [-0.3, -0.25) is 0 Å². The van der Waals surface area contributed by atoms with Crippen LogP contribution in [0.15, 0.2) is 18.2 Å². The number of methoxy groups -OCH3 is 2. The van der Waals surface area contributed by atoms with E-state index in [4.69, 9.17) is 9.47 Å². The summed E-state index contributed by atoms with van der Waals surface area (Å²) in [4.78, 5) is 0.